The van der Waals surface area contributed by atoms with Crippen molar-refractivity contribution >= 4 is 17.5 Å². The van der Waals surface area contributed by atoms with E-state index in [-0.39, 0.29) is 12.2 Å². The van der Waals surface area contributed by atoms with Crippen LogP contribution < -0.4 is 0 Å². The summed E-state index contributed by atoms with van der Waals surface area (Å²) in [7, 11) is 1.50. The normalized spacial score (nSPS) is 11.0. The van der Waals surface area contributed by atoms with E-state index in [1.54, 1.807) is 24.3 Å². The molecule has 112 valence electrons. The summed E-state index contributed by atoms with van der Waals surface area (Å²) in [6.45, 7) is 0. The van der Waals surface area contributed by atoms with E-state index in [1.165, 1.54) is 13.2 Å². The number of ether oxygens (including phenoxy) is 1. The Morgan fingerprint density at radius 1 is 1.05 bits per heavy atom. The Kier molecular flexibility index (Phi) is 5.09. The molecule has 0 aromatic heterocycles. The highest BCUT2D eigenvalue weighted by molar-refractivity contribution is 6.09. The van der Waals surface area contributed by atoms with Crippen molar-refractivity contribution in [3.8, 4) is 0 Å². The quantitative estimate of drug-likeness (QED) is 0.505. The highest BCUT2D eigenvalue weighted by Gasteiger charge is 2.13. The number of carbonyl (C=O) groups excluding carboxylic acids is 1. The molecule has 0 fully saturated rings. The Bertz CT molecular complexity index is 702. The molecule has 4 nitrogen and oxygen atoms in total. The zero-order valence-corrected chi connectivity index (χ0v) is 12.2. The van der Waals surface area contributed by atoms with Crippen LogP contribution in [0.15, 0.2) is 60.7 Å². The number of allylic oxidation sites excluding steroid dienone is 1. The average Bonchev–Trinajstić information content (AvgIpc) is 2.53. The molecule has 0 saturated heterocycles. The number of rotatable bonds is 6. The lowest BCUT2D eigenvalue weighted by Gasteiger charge is -2.08. The first-order valence-electron chi connectivity index (χ1n) is 6.77. The first-order valence-corrected chi connectivity index (χ1v) is 6.77. The summed E-state index contributed by atoms with van der Waals surface area (Å²) in [6.07, 6.45) is 1.19. The van der Waals surface area contributed by atoms with Gasteiger partial charge < -0.3 is 9.84 Å². The molecule has 0 aliphatic rings. The molecule has 0 spiro atoms. The number of methoxy groups -OCH3 is 1. The molecule has 0 amide bonds. The average molecular weight is 296 g/mol. The molecule has 0 saturated carbocycles. The lowest BCUT2D eigenvalue weighted by molar-refractivity contribution is -0.136. The maximum atomic E-state index is 12.4. The second-order valence-corrected chi connectivity index (χ2v) is 4.67. The zero-order chi connectivity index (χ0) is 15.9. The lowest BCUT2D eigenvalue weighted by Crippen LogP contribution is -2.07. The number of aliphatic carboxylic acids is 1. The summed E-state index contributed by atoms with van der Waals surface area (Å²) in [4.78, 5) is 23.3. The summed E-state index contributed by atoms with van der Waals surface area (Å²) in [5.41, 5.74) is 1.64. The van der Waals surface area contributed by atoms with E-state index in [0.29, 0.717) is 16.9 Å². The minimum absolute atomic E-state index is 0.191. The van der Waals surface area contributed by atoms with Crippen molar-refractivity contribution in [3.63, 3.8) is 0 Å². The van der Waals surface area contributed by atoms with Crippen LogP contribution in [0.3, 0.4) is 0 Å². The Labute approximate surface area is 128 Å². The van der Waals surface area contributed by atoms with Gasteiger partial charge >= 0.3 is 5.97 Å². The molecule has 0 bridgehead atoms. The summed E-state index contributed by atoms with van der Waals surface area (Å²) >= 11 is 0. The fraction of sp³-hybridized carbons (Fsp3) is 0.111. The fourth-order valence-electron chi connectivity index (χ4n) is 2.14. The van der Waals surface area contributed by atoms with Crippen LogP contribution in [0.4, 0.5) is 0 Å². The molecule has 0 aliphatic carbocycles. The molecule has 0 heterocycles. The predicted octanol–water partition coefficient (Wildman–Crippen LogP) is 3.18. The van der Waals surface area contributed by atoms with E-state index >= 15 is 0 Å². The van der Waals surface area contributed by atoms with Crippen molar-refractivity contribution < 1.29 is 19.4 Å². The molecule has 0 radical (unpaired) electrons. The molecular formula is C18H16O4. The van der Waals surface area contributed by atoms with Gasteiger partial charge in [0.25, 0.3) is 0 Å². The van der Waals surface area contributed by atoms with Crippen LogP contribution in [0, 0.1) is 0 Å². The third-order valence-corrected chi connectivity index (χ3v) is 3.16. The van der Waals surface area contributed by atoms with Crippen LogP contribution in [0.2, 0.25) is 0 Å². The first kappa shape index (κ1) is 15.5. The van der Waals surface area contributed by atoms with Gasteiger partial charge in [-0.05, 0) is 5.56 Å². The van der Waals surface area contributed by atoms with E-state index in [1.807, 2.05) is 30.3 Å². The van der Waals surface area contributed by atoms with E-state index in [2.05, 4.69) is 0 Å². The second kappa shape index (κ2) is 7.22. The van der Waals surface area contributed by atoms with Crippen LogP contribution in [0.1, 0.15) is 21.5 Å². The third kappa shape index (κ3) is 3.82. The summed E-state index contributed by atoms with van der Waals surface area (Å²) in [5.74, 6) is -0.812. The van der Waals surface area contributed by atoms with Gasteiger partial charge in [-0.3, -0.25) is 9.59 Å². The van der Waals surface area contributed by atoms with E-state index in [9.17, 15) is 9.59 Å². The zero-order valence-electron chi connectivity index (χ0n) is 12.2. The van der Waals surface area contributed by atoms with Gasteiger partial charge in [-0.1, -0.05) is 54.6 Å². The van der Waals surface area contributed by atoms with Crippen LogP contribution >= 0.6 is 0 Å². The van der Waals surface area contributed by atoms with Gasteiger partial charge in [-0.15, -0.1) is 0 Å². The molecule has 0 unspecified atom stereocenters. The Morgan fingerprint density at radius 3 is 2.32 bits per heavy atom. The monoisotopic (exact) mass is 296 g/mol. The SMILES string of the molecule is CO/C(=C\C(=O)c1ccccc1CC(=O)O)c1ccccc1. The van der Waals surface area contributed by atoms with Crippen LogP contribution in [-0.4, -0.2) is 24.0 Å². The number of hydrogen-bond acceptors (Lipinski definition) is 3. The fourth-order valence-corrected chi connectivity index (χ4v) is 2.14. The van der Waals surface area contributed by atoms with Gasteiger partial charge in [-0.25, -0.2) is 0 Å². The molecule has 2 aromatic carbocycles. The number of ketones is 1. The van der Waals surface area contributed by atoms with Crippen molar-refractivity contribution in [1.82, 2.24) is 0 Å². The molecule has 2 rings (SSSR count). The molecule has 4 heteroatoms. The number of benzene rings is 2. The minimum Gasteiger partial charge on any atom is -0.496 e. The van der Waals surface area contributed by atoms with E-state index in [4.69, 9.17) is 9.84 Å². The number of carboxylic acids is 1. The van der Waals surface area contributed by atoms with Crippen LogP contribution in [-0.2, 0) is 16.0 Å². The topological polar surface area (TPSA) is 63.6 Å². The van der Waals surface area contributed by atoms with Gasteiger partial charge in [0.2, 0.25) is 0 Å². The van der Waals surface area contributed by atoms with Gasteiger partial charge in [0, 0.05) is 17.2 Å². The molecule has 2 aromatic rings. The number of carbonyl (C=O) groups is 2. The largest absolute Gasteiger partial charge is 0.496 e. The smallest absolute Gasteiger partial charge is 0.307 e. The first-order chi connectivity index (χ1) is 10.6. The van der Waals surface area contributed by atoms with E-state index < -0.39 is 5.97 Å². The van der Waals surface area contributed by atoms with Gasteiger partial charge in [0.05, 0.1) is 13.5 Å². The Morgan fingerprint density at radius 2 is 1.68 bits per heavy atom. The summed E-state index contributed by atoms with van der Waals surface area (Å²) in [6, 6.07) is 15.9. The van der Waals surface area contributed by atoms with Crippen molar-refractivity contribution in [2.24, 2.45) is 0 Å². The standard InChI is InChI=1S/C18H16O4/c1-22-17(13-7-3-2-4-8-13)12-16(19)15-10-6-5-9-14(15)11-18(20)21/h2-10,12H,11H2,1H3,(H,20,21)/b17-12-. The highest BCUT2D eigenvalue weighted by Crippen LogP contribution is 2.18. The second-order valence-electron chi connectivity index (χ2n) is 4.67. The predicted molar refractivity (Wildman–Crippen MR) is 83.5 cm³/mol. The van der Waals surface area contributed by atoms with Gasteiger partial charge in [0.15, 0.2) is 5.78 Å². The van der Waals surface area contributed by atoms with Crippen molar-refractivity contribution in [2.75, 3.05) is 7.11 Å². The molecular weight excluding hydrogens is 280 g/mol. The van der Waals surface area contributed by atoms with Crippen molar-refractivity contribution in [3.05, 3.63) is 77.4 Å². The Hall–Kier alpha value is -2.88. The van der Waals surface area contributed by atoms with Gasteiger partial charge in [0.1, 0.15) is 5.76 Å². The molecule has 0 aliphatic heterocycles. The molecule has 1 N–H and O–H groups in total. The number of carboxylic acid groups (broad SMARTS) is 1. The minimum atomic E-state index is -0.973. The van der Waals surface area contributed by atoms with Crippen molar-refractivity contribution in [2.45, 2.75) is 6.42 Å². The lowest BCUT2D eigenvalue weighted by atomic mass is 10.00. The molecule has 0 atom stereocenters. The Balaban J connectivity index is 2.35. The van der Waals surface area contributed by atoms with E-state index in [0.717, 1.165) is 5.56 Å². The van der Waals surface area contributed by atoms with Crippen LogP contribution in [0.5, 0.6) is 0 Å². The molecule has 22 heavy (non-hydrogen) atoms. The summed E-state index contributed by atoms with van der Waals surface area (Å²) in [5, 5.41) is 8.93. The van der Waals surface area contributed by atoms with Crippen molar-refractivity contribution in [1.29, 1.82) is 0 Å². The maximum Gasteiger partial charge on any atom is 0.307 e. The maximum absolute atomic E-state index is 12.4. The summed E-state index contributed by atoms with van der Waals surface area (Å²) < 4.78 is 5.27. The number of hydrogen-bond donors (Lipinski definition) is 1. The third-order valence-electron chi connectivity index (χ3n) is 3.16. The van der Waals surface area contributed by atoms with Gasteiger partial charge in [-0.2, -0.15) is 0 Å². The highest BCUT2D eigenvalue weighted by atomic mass is 16.5. The van der Waals surface area contributed by atoms with Crippen LogP contribution in [0.25, 0.3) is 5.76 Å².